The fraction of sp³-hybridized carbons (Fsp3) is 0.333. The van der Waals surface area contributed by atoms with Gasteiger partial charge in [0.05, 0.1) is 24.3 Å². The second kappa shape index (κ2) is 7.05. The molecule has 24 heavy (non-hydrogen) atoms. The molecule has 1 heterocycles. The van der Waals surface area contributed by atoms with Crippen LogP contribution in [0.4, 0.5) is 8.78 Å². The van der Waals surface area contributed by atoms with Crippen LogP contribution in [0.1, 0.15) is 30.1 Å². The van der Waals surface area contributed by atoms with Gasteiger partial charge in [-0.3, -0.25) is 9.78 Å². The van der Waals surface area contributed by atoms with Crippen molar-refractivity contribution in [3.05, 3.63) is 65.5 Å². The maximum atomic E-state index is 13.7. The van der Waals surface area contributed by atoms with Gasteiger partial charge in [-0.05, 0) is 37.0 Å². The van der Waals surface area contributed by atoms with Crippen molar-refractivity contribution < 1.29 is 18.7 Å². The number of nitrogens with one attached hydrogen (secondary N) is 1. The lowest BCUT2D eigenvalue weighted by Crippen LogP contribution is -2.42. The zero-order valence-electron chi connectivity index (χ0n) is 13.0. The SMILES string of the molecule is O=C(Cc1cccc(F)c1F)NC(c1ccccn1)C1CC(O)C1. The first-order chi connectivity index (χ1) is 11.5. The summed E-state index contributed by atoms with van der Waals surface area (Å²) in [7, 11) is 0. The maximum Gasteiger partial charge on any atom is 0.225 e. The van der Waals surface area contributed by atoms with Crippen molar-refractivity contribution in [2.45, 2.75) is 31.4 Å². The van der Waals surface area contributed by atoms with Crippen LogP contribution in [0.5, 0.6) is 0 Å². The molecule has 1 aliphatic rings. The second-order valence-electron chi connectivity index (χ2n) is 6.07. The molecule has 1 fully saturated rings. The monoisotopic (exact) mass is 332 g/mol. The Morgan fingerprint density at radius 3 is 2.71 bits per heavy atom. The van der Waals surface area contributed by atoms with Gasteiger partial charge >= 0.3 is 0 Å². The van der Waals surface area contributed by atoms with Gasteiger partial charge in [-0.25, -0.2) is 8.78 Å². The molecule has 1 aromatic heterocycles. The minimum Gasteiger partial charge on any atom is -0.393 e. The van der Waals surface area contributed by atoms with E-state index in [1.165, 1.54) is 12.1 Å². The standard InChI is InChI=1S/C18H18F2N2O2/c19-14-5-3-4-11(17(14)20)10-16(24)22-18(12-8-13(23)9-12)15-6-1-2-7-21-15/h1-7,12-13,18,23H,8-10H2,(H,22,24). The van der Waals surface area contributed by atoms with E-state index in [-0.39, 0.29) is 30.0 Å². The van der Waals surface area contributed by atoms with Crippen molar-refractivity contribution in [2.24, 2.45) is 5.92 Å². The smallest absolute Gasteiger partial charge is 0.225 e. The number of aromatic nitrogens is 1. The quantitative estimate of drug-likeness (QED) is 0.884. The summed E-state index contributed by atoms with van der Waals surface area (Å²) in [6, 6.07) is 8.84. The molecule has 0 radical (unpaired) electrons. The van der Waals surface area contributed by atoms with Crippen LogP contribution in [0, 0.1) is 17.6 Å². The van der Waals surface area contributed by atoms with Crippen LogP contribution in [0.15, 0.2) is 42.6 Å². The van der Waals surface area contributed by atoms with E-state index >= 15 is 0 Å². The molecule has 1 aromatic carbocycles. The van der Waals surface area contributed by atoms with Gasteiger partial charge in [0, 0.05) is 11.8 Å². The molecule has 3 rings (SSSR count). The van der Waals surface area contributed by atoms with Crippen LogP contribution in [0.25, 0.3) is 0 Å². The van der Waals surface area contributed by atoms with Crippen molar-refractivity contribution in [3.63, 3.8) is 0 Å². The number of nitrogens with zero attached hydrogens (tertiary/aromatic N) is 1. The summed E-state index contributed by atoms with van der Waals surface area (Å²) in [5, 5.41) is 12.4. The second-order valence-corrected chi connectivity index (χ2v) is 6.07. The van der Waals surface area contributed by atoms with Crippen LogP contribution < -0.4 is 5.32 Å². The summed E-state index contributed by atoms with van der Waals surface area (Å²) < 4.78 is 27.0. The molecule has 0 bridgehead atoms. The fourth-order valence-corrected chi connectivity index (χ4v) is 2.98. The number of carbonyl (C=O) groups is 1. The van der Waals surface area contributed by atoms with E-state index in [1.54, 1.807) is 18.3 Å². The predicted molar refractivity (Wildman–Crippen MR) is 83.9 cm³/mol. The number of aliphatic hydroxyl groups is 1. The Morgan fingerprint density at radius 1 is 1.25 bits per heavy atom. The highest BCUT2D eigenvalue weighted by Crippen LogP contribution is 2.37. The highest BCUT2D eigenvalue weighted by atomic mass is 19.2. The third-order valence-electron chi connectivity index (χ3n) is 4.33. The molecular weight excluding hydrogens is 314 g/mol. The van der Waals surface area contributed by atoms with E-state index in [0.29, 0.717) is 18.5 Å². The average Bonchev–Trinajstić information content (AvgIpc) is 2.55. The number of hydrogen-bond acceptors (Lipinski definition) is 3. The van der Waals surface area contributed by atoms with E-state index in [0.717, 1.165) is 6.07 Å². The van der Waals surface area contributed by atoms with Gasteiger partial charge in [0.1, 0.15) is 0 Å². The third kappa shape index (κ3) is 3.59. The van der Waals surface area contributed by atoms with Gasteiger partial charge in [-0.1, -0.05) is 18.2 Å². The van der Waals surface area contributed by atoms with Gasteiger partial charge in [0.2, 0.25) is 5.91 Å². The van der Waals surface area contributed by atoms with Crippen molar-refractivity contribution >= 4 is 5.91 Å². The molecule has 0 spiro atoms. The highest BCUT2D eigenvalue weighted by molar-refractivity contribution is 5.79. The number of aliphatic hydroxyl groups excluding tert-OH is 1. The summed E-state index contributed by atoms with van der Waals surface area (Å²) >= 11 is 0. The predicted octanol–water partition coefficient (Wildman–Crippen LogP) is 2.53. The highest BCUT2D eigenvalue weighted by Gasteiger charge is 2.36. The van der Waals surface area contributed by atoms with E-state index in [4.69, 9.17) is 0 Å². The molecule has 1 aliphatic carbocycles. The largest absolute Gasteiger partial charge is 0.393 e. The summed E-state index contributed by atoms with van der Waals surface area (Å²) in [4.78, 5) is 16.6. The molecular formula is C18H18F2N2O2. The molecule has 2 aromatic rings. The minimum absolute atomic E-state index is 0.0147. The average molecular weight is 332 g/mol. The van der Waals surface area contributed by atoms with Crippen LogP contribution in [0.2, 0.25) is 0 Å². The molecule has 4 nitrogen and oxygen atoms in total. The van der Waals surface area contributed by atoms with E-state index < -0.39 is 17.5 Å². The molecule has 2 N–H and O–H groups in total. The van der Waals surface area contributed by atoms with Crippen LogP contribution >= 0.6 is 0 Å². The van der Waals surface area contributed by atoms with Crippen LogP contribution in [0.3, 0.4) is 0 Å². The van der Waals surface area contributed by atoms with Crippen molar-refractivity contribution in [2.75, 3.05) is 0 Å². The first-order valence-electron chi connectivity index (χ1n) is 7.86. The Morgan fingerprint density at radius 2 is 2.04 bits per heavy atom. The van der Waals surface area contributed by atoms with Crippen molar-refractivity contribution in [1.29, 1.82) is 0 Å². The lowest BCUT2D eigenvalue weighted by atomic mass is 9.76. The van der Waals surface area contributed by atoms with Gasteiger partial charge in [0.25, 0.3) is 0 Å². The Balaban J connectivity index is 1.72. The maximum absolute atomic E-state index is 13.7. The number of pyridine rings is 1. The van der Waals surface area contributed by atoms with Crippen molar-refractivity contribution in [3.8, 4) is 0 Å². The van der Waals surface area contributed by atoms with E-state index in [2.05, 4.69) is 10.3 Å². The number of halogens is 2. The molecule has 1 unspecified atom stereocenters. The molecule has 0 saturated heterocycles. The number of benzene rings is 1. The molecule has 0 aliphatic heterocycles. The lowest BCUT2D eigenvalue weighted by molar-refractivity contribution is -0.122. The van der Waals surface area contributed by atoms with Crippen LogP contribution in [-0.2, 0) is 11.2 Å². The summed E-state index contributed by atoms with van der Waals surface area (Å²) in [6.07, 6.45) is 2.18. The van der Waals surface area contributed by atoms with Crippen molar-refractivity contribution in [1.82, 2.24) is 10.3 Å². The summed E-state index contributed by atoms with van der Waals surface area (Å²) in [5.74, 6) is -2.29. The normalized spacial score (nSPS) is 21.0. The number of carbonyl (C=O) groups excluding carboxylic acids is 1. The Bertz CT molecular complexity index is 718. The summed E-state index contributed by atoms with van der Waals surface area (Å²) in [5.41, 5.74) is 0.711. The fourth-order valence-electron chi connectivity index (χ4n) is 2.98. The first-order valence-corrected chi connectivity index (χ1v) is 7.86. The first kappa shape index (κ1) is 16.5. The zero-order chi connectivity index (χ0) is 17.1. The van der Waals surface area contributed by atoms with Gasteiger partial charge in [0.15, 0.2) is 11.6 Å². The van der Waals surface area contributed by atoms with Gasteiger partial charge < -0.3 is 10.4 Å². The molecule has 1 amide bonds. The molecule has 1 atom stereocenters. The van der Waals surface area contributed by atoms with Gasteiger partial charge in [-0.2, -0.15) is 0 Å². The topological polar surface area (TPSA) is 62.2 Å². The Labute approximate surface area is 138 Å². The summed E-state index contributed by atoms with van der Waals surface area (Å²) in [6.45, 7) is 0. The van der Waals surface area contributed by atoms with E-state index in [9.17, 15) is 18.7 Å². The Kier molecular flexibility index (Phi) is 4.85. The molecule has 1 saturated carbocycles. The van der Waals surface area contributed by atoms with Gasteiger partial charge in [-0.15, -0.1) is 0 Å². The number of rotatable bonds is 5. The van der Waals surface area contributed by atoms with Crippen LogP contribution in [-0.4, -0.2) is 22.1 Å². The molecule has 6 heteroatoms. The number of amides is 1. The number of hydrogen-bond donors (Lipinski definition) is 2. The zero-order valence-corrected chi connectivity index (χ0v) is 13.0. The molecule has 126 valence electrons. The third-order valence-corrected chi connectivity index (χ3v) is 4.33. The minimum atomic E-state index is -0.999. The van der Waals surface area contributed by atoms with E-state index in [1.807, 2.05) is 6.07 Å². The Hall–Kier alpha value is -2.34. The lowest BCUT2D eigenvalue weighted by Gasteiger charge is -2.37.